The highest BCUT2D eigenvalue weighted by atomic mass is 32.2. The smallest absolute Gasteiger partial charge is 0.269 e. The Bertz CT molecular complexity index is 1030. The fourth-order valence-corrected chi connectivity index (χ4v) is 3.57. The monoisotopic (exact) mass is 379 g/mol. The summed E-state index contributed by atoms with van der Waals surface area (Å²) in [6.45, 7) is 0. The van der Waals surface area contributed by atoms with Crippen LogP contribution >= 0.6 is 11.8 Å². The first-order valence-corrected chi connectivity index (χ1v) is 8.94. The van der Waals surface area contributed by atoms with Crippen LogP contribution in [0.1, 0.15) is 11.0 Å². The zero-order valence-corrected chi connectivity index (χ0v) is 14.7. The number of furan rings is 1. The number of benzene rings is 2. The van der Waals surface area contributed by atoms with Gasteiger partial charge in [-0.1, -0.05) is 30.0 Å². The second-order valence-corrected chi connectivity index (χ2v) is 6.84. The van der Waals surface area contributed by atoms with Gasteiger partial charge >= 0.3 is 0 Å². The number of para-hydroxylation sites is 1. The number of nitrogens with one attached hydrogen (secondary N) is 1. The summed E-state index contributed by atoms with van der Waals surface area (Å²) >= 11 is 1.29. The average molecular weight is 379 g/mol. The third-order valence-corrected chi connectivity index (χ3v) is 5.03. The van der Waals surface area contributed by atoms with Crippen LogP contribution in [0.15, 0.2) is 76.1 Å². The molecule has 1 aliphatic heterocycles. The molecule has 0 saturated carbocycles. The van der Waals surface area contributed by atoms with E-state index in [9.17, 15) is 14.9 Å². The van der Waals surface area contributed by atoms with Crippen molar-refractivity contribution in [1.82, 2.24) is 5.32 Å². The minimum Gasteiger partial charge on any atom is -0.459 e. The molecule has 1 aliphatic rings. The molecule has 0 spiro atoms. The maximum absolute atomic E-state index is 12.3. The largest absolute Gasteiger partial charge is 0.459 e. The first-order chi connectivity index (χ1) is 13.1. The van der Waals surface area contributed by atoms with E-state index in [2.05, 4.69) is 10.3 Å². The van der Waals surface area contributed by atoms with Crippen molar-refractivity contribution in [3.63, 3.8) is 0 Å². The molecule has 1 N–H and O–H groups in total. The molecule has 0 bridgehead atoms. The van der Waals surface area contributed by atoms with Crippen molar-refractivity contribution >= 4 is 34.2 Å². The summed E-state index contributed by atoms with van der Waals surface area (Å²) in [5, 5.41) is 13.5. The molecule has 3 aromatic rings. The predicted molar refractivity (Wildman–Crippen MR) is 103 cm³/mol. The molecule has 8 heteroatoms. The van der Waals surface area contributed by atoms with Crippen molar-refractivity contribution in [2.24, 2.45) is 4.99 Å². The van der Waals surface area contributed by atoms with Crippen LogP contribution in [-0.2, 0) is 4.79 Å². The molecule has 1 unspecified atom stereocenters. The molecule has 2 aromatic carbocycles. The molecule has 0 aliphatic carbocycles. The normalized spacial score (nSPS) is 17.9. The van der Waals surface area contributed by atoms with E-state index < -0.39 is 10.2 Å². The van der Waals surface area contributed by atoms with Gasteiger partial charge in [0.15, 0.2) is 5.17 Å². The van der Waals surface area contributed by atoms with E-state index >= 15 is 0 Å². The van der Waals surface area contributed by atoms with Crippen LogP contribution in [0.5, 0.6) is 0 Å². The van der Waals surface area contributed by atoms with E-state index in [1.54, 1.807) is 24.3 Å². The van der Waals surface area contributed by atoms with Crippen molar-refractivity contribution in [1.29, 1.82) is 0 Å². The summed E-state index contributed by atoms with van der Waals surface area (Å²) in [5.41, 5.74) is 1.47. The van der Waals surface area contributed by atoms with Crippen molar-refractivity contribution in [3.8, 4) is 11.3 Å². The van der Waals surface area contributed by atoms with Crippen molar-refractivity contribution in [3.05, 3.63) is 82.6 Å². The first kappa shape index (κ1) is 17.0. The van der Waals surface area contributed by atoms with Gasteiger partial charge < -0.3 is 9.73 Å². The maximum Gasteiger partial charge on any atom is 0.269 e. The molecule has 2 heterocycles. The molecule has 7 nitrogen and oxygen atoms in total. The number of carbonyl (C=O) groups excluding carboxylic acids is 1. The summed E-state index contributed by atoms with van der Waals surface area (Å²) in [6, 6.07) is 18.9. The highest BCUT2D eigenvalue weighted by molar-refractivity contribution is 8.15. The van der Waals surface area contributed by atoms with E-state index in [4.69, 9.17) is 4.42 Å². The Morgan fingerprint density at radius 3 is 2.48 bits per heavy atom. The summed E-state index contributed by atoms with van der Waals surface area (Å²) in [5.74, 6) is 0.852. The lowest BCUT2D eigenvalue weighted by atomic mass is 10.1. The molecule has 1 saturated heterocycles. The van der Waals surface area contributed by atoms with Crippen LogP contribution in [0.4, 0.5) is 11.4 Å². The topological polar surface area (TPSA) is 97.7 Å². The van der Waals surface area contributed by atoms with E-state index in [1.165, 1.54) is 23.9 Å². The number of thioether (sulfide) groups is 1. The van der Waals surface area contributed by atoms with Crippen LogP contribution in [0, 0.1) is 10.1 Å². The quantitative estimate of drug-likeness (QED) is 0.533. The minimum atomic E-state index is -0.528. The van der Waals surface area contributed by atoms with Gasteiger partial charge in [-0.3, -0.25) is 14.9 Å². The zero-order valence-electron chi connectivity index (χ0n) is 13.9. The number of amides is 1. The van der Waals surface area contributed by atoms with Gasteiger partial charge in [0.05, 0.1) is 10.6 Å². The number of carbonyl (C=O) groups is 1. The molecule has 1 fully saturated rings. The van der Waals surface area contributed by atoms with Crippen molar-refractivity contribution in [2.75, 3.05) is 0 Å². The minimum absolute atomic E-state index is 0.0121. The zero-order chi connectivity index (χ0) is 18.8. The Hall–Kier alpha value is -3.39. The fourth-order valence-electron chi connectivity index (χ4n) is 2.62. The van der Waals surface area contributed by atoms with Gasteiger partial charge in [-0.25, -0.2) is 4.99 Å². The Balaban J connectivity index is 1.54. The lowest BCUT2D eigenvalue weighted by molar-refractivity contribution is -0.384. The molecule has 27 heavy (non-hydrogen) atoms. The number of nitro groups is 1. The summed E-state index contributed by atoms with van der Waals surface area (Å²) in [4.78, 5) is 27.0. The van der Waals surface area contributed by atoms with E-state index in [0.717, 1.165) is 5.69 Å². The Labute approximate surface area is 158 Å². The van der Waals surface area contributed by atoms with Crippen LogP contribution in [0.25, 0.3) is 11.3 Å². The number of amidine groups is 1. The molecule has 1 aromatic heterocycles. The molecule has 0 radical (unpaired) electrons. The summed E-state index contributed by atoms with van der Waals surface area (Å²) < 4.78 is 5.82. The van der Waals surface area contributed by atoms with E-state index in [-0.39, 0.29) is 11.6 Å². The van der Waals surface area contributed by atoms with Crippen LogP contribution in [0.3, 0.4) is 0 Å². The maximum atomic E-state index is 12.3. The van der Waals surface area contributed by atoms with Gasteiger partial charge in [-0.2, -0.15) is 0 Å². The van der Waals surface area contributed by atoms with Crippen LogP contribution in [0.2, 0.25) is 0 Å². The molecular formula is C19H13N3O4S. The molecule has 1 atom stereocenters. The lowest BCUT2D eigenvalue weighted by Crippen LogP contribution is -2.21. The van der Waals surface area contributed by atoms with Crippen molar-refractivity contribution < 1.29 is 14.1 Å². The number of hydrogen-bond acceptors (Lipinski definition) is 6. The van der Waals surface area contributed by atoms with Gasteiger partial charge in [0.25, 0.3) is 5.69 Å². The Kier molecular flexibility index (Phi) is 4.47. The van der Waals surface area contributed by atoms with Crippen LogP contribution < -0.4 is 5.32 Å². The van der Waals surface area contributed by atoms with Gasteiger partial charge in [0, 0.05) is 17.7 Å². The van der Waals surface area contributed by atoms with Crippen molar-refractivity contribution in [2.45, 2.75) is 5.25 Å². The number of aliphatic imine (C=N–C) groups is 1. The third-order valence-electron chi connectivity index (χ3n) is 3.93. The number of rotatable bonds is 4. The highest BCUT2D eigenvalue weighted by Gasteiger charge is 2.34. The summed E-state index contributed by atoms with van der Waals surface area (Å²) in [6.07, 6.45) is 0. The number of non-ortho nitro benzene ring substituents is 1. The predicted octanol–water partition coefficient (Wildman–Crippen LogP) is 4.45. The number of nitro benzene ring substituents is 1. The lowest BCUT2D eigenvalue weighted by Gasteiger charge is -2.01. The second-order valence-electron chi connectivity index (χ2n) is 5.75. The molecule has 4 rings (SSSR count). The first-order valence-electron chi connectivity index (χ1n) is 8.06. The average Bonchev–Trinajstić information content (AvgIpc) is 3.29. The standard InChI is InChI=1S/C19H13N3O4S/c23-18-17(27-19(21-18)20-13-4-2-1-3-5-13)16-11-10-15(26-16)12-6-8-14(9-7-12)22(24)25/h1-11,17H,(H,20,21,23). The van der Waals surface area contributed by atoms with Gasteiger partial charge in [0.2, 0.25) is 5.91 Å². The molecule has 134 valence electrons. The van der Waals surface area contributed by atoms with Crippen LogP contribution in [-0.4, -0.2) is 16.0 Å². The molecular weight excluding hydrogens is 366 g/mol. The molecule has 1 amide bonds. The Morgan fingerprint density at radius 2 is 1.78 bits per heavy atom. The summed E-state index contributed by atoms with van der Waals surface area (Å²) in [7, 11) is 0. The fraction of sp³-hybridized carbons (Fsp3) is 0.0526. The van der Waals surface area contributed by atoms with E-state index in [0.29, 0.717) is 22.3 Å². The highest BCUT2D eigenvalue weighted by Crippen LogP contribution is 2.38. The second kappa shape index (κ2) is 7.08. The van der Waals surface area contributed by atoms with Gasteiger partial charge in [-0.05, 0) is 36.4 Å². The SMILES string of the molecule is O=C1NC(=Nc2ccccc2)SC1c1ccc(-c2ccc([N+](=O)[O-])cc2)o1. The van der Waals surface area contributed by atoms with Gasteiger partial charge in [0.1, 0.15) is 16.8 Å². The number of nitrogens with zero attached hydrogens (tertiary/aromatic N) is 2. The number of hydrogen-bond donors (Lipinski definition) is 1. The third kappa shape index (κ3) is 3.61. The van der Waals surface area contributed by atoms with E-state index in [1.807, 2.05) is 30.3 Å². The Morgan fingerprint density at radius 1 is 1.04 bits per heavy atom. The van der Waals surface area contributed by atoms with Gasteiger partial charge in [-0.15, -0.1) is 0 Å².